The standard InChI is InChI=1S/C13H12N2O4S2/c16-13(17)10-6-12(20-8-10)21(18,19)15-5-3-11-9(7-15)2-1-4-14-11/h1-2,4,6,8H,3,5,7H2,(H,16,17). The molecule has 0 saturated carbocycles. The van der Waals surface area contributed by atoms with E-state index < -0.39 is 16.0 Å². The zero-order valence-electron chi connectivity index (χ0n) is 10.9. The van der Waals surface area contributed by atoms with Crippen LogP contribution in [-0.4, -0.2) is 35.3 Å². The lowest BCUT2D eigenvalue weighted by Gasteiger charge is -2.26. The molecule has 3 heterocycles. The Morgan fingerprint density at radius 3 is 2.95 bits per heavy atom. The van der Waals surface area contributed by atoms with Gasteiger partial charge in [0.1, 0.15) is 4.21 Å². The van der Waals surface area contributed by atoms with Crippen LogP contribution >= 0.6 is 11.3 Å². The molecule has 0 saturated heterocycles. The van der Waals surface area contributed by atoms with Gasteiger partial charge in [-0.2, -0.15) is 4.31 Å². The van der Waals surface area contributed by atoms with Crippen molar-refractivity contribution in [1.82, 2.24) is 9.29 Å². The van der Waals surface area contributed by atoms with Gasteiger partial charge in [0.05, 0.1) is 5.56 Å². The van der Waals surface area contributed by atoms with Crippen LogP contribution in [0.25, 0.3) is 0 Å². The van der Waals surface area contributed by atoms with Gasteiger partial charge in [-0.05, 0) is 17.7 Å². The molecule has 110 valence electrons. The van der Waals surface area contributed by atoms with Gasteiger partial charge >= 0.3 is 5.97 Å². The van der Waals surface area contributed by atoms with E-state index in [2.05, 4.69) is 4.98 Å². The van der Waals surface area contributed by atoms with E-state index in [0.717, 1.165) is 22.6 Å². The highest BCUT2D eigenvalue weighted by molar-refractivity contribution is 7.91. The van der Waals surface area contributed by atoms with Crippen LogP contribution < -0.4 is 0 Å². The number of carbonyl (C=O) groups is 1. The minimum Gasteiger partial charge on any atom is -0.478 e. The van der Waals surface area contributed by atoms with E-state index in [9.17, 15) is 13.2 Å². The van der Waals surface area contributed by atoms with Crippen LogP contribution in [0.15, 0.2) is 34.0 Å². The first-order valence-corrected chi connectivity index (χ1v) is 8.55. The summed E-state index contributed by atoms with van der Waals surface area (Å²) in [7, 11) is -3.66. The predicted octanol–water partition coefficient (Wildman–Crippen LogP) is 1.59. The molecule has 2 aromatic rings. The Bertz CT molecular complexity index is 798. The first-order chi connectivity index (χ1) is 9.98. The van der Waals surface area contributed by atoms with Crippen LogP contribution in [0.5, 0.6) is 0 Å². The molecule has 0 spiro atoms. The largest absolute Gasteiger partial charge is 0.478 e. The van der Waals surface area contributed by atoms with Crippen LogP contribution in [0, 0.1) is 0 Å². The second-order valence-corrected chi connectivity index (χ2v) is 7.73. The highest BCUT2D eigenvalue weighted by Crippen LogP contribution is 2.27. The van der Waals surface area contributed by atoms with Gasteiger partial charge in [0.2, 0.25) is 0 Å². The van der Waals surface area contributed by atoms with Crippen LogP contribution in [0.1, 0.15) is 21.6 Å². The number of nitrogens with zero attached hydrogens (tertiary/aromatic N) is 2. The van der Waals surface area contributed by atoms with Gasteiger partial charge in [-0.3, -0.25) is 4.98 Å². The summed E-state index contributed by atoms with van der Waals surface area (Å²) in [5.41, 5.74) is 1.81. The number of hydrogen-bond donors (Lipinski definition) is 1. The fourth-order valence-corrected chi connectivity index (χ4v) is 4.96. The number of aromatic carboxylic acids is 1. The summed E-state index contributed by atoms with van der Waals surface area (Å²) in [4.78, 5) is 15.1. The first-order valence-electron chi connectivity index (χ1n) is 6.23. The minimum absolute atomic E-state index is 0.00217. The van der Waals surface area contributed by atoms with Crippen molar-refractivity contribution < 1.29 is 18.3 Å². The fraction of sp³-hybridized carbons (Fsp3) is 0.231. The number of thiophene rings is 1. The molecule has 8 heteroatoms. The second-order valence-electron chi connectivity index (χ2n) is 4.66. The second kappa shape index (κ2) is 5.21. The molecule has 21 heavy (non-hydrogen) atoms. The zero-order valence-corrected chi connectivity index (χ0v) is 12.5. The summed E-state index contributed by atoms with van der Waals surface area (Å²) < 4.78 is 26.5. The van der Waals surface area contributed by atoms with Gasteiger partial charge in [0.25, 0.3) is 10.0 Å². The molecule has 1 N–H and O–H groups in total. The number of carboxylic acids is 1. The Morgan fingerprint density at radius 1 is 1.43 bits per heavy atom. The predicted molar refractivity (Wildman–Crippen MR) is 76.8 cm³/mol. The summed E-state index contributed by atoms with van der Waals surface area (Å²) >= 11 is 0.934. The molecule has 0 bridgehead atoms. The van der Waals surface area contributed by atoms with Gasteiger partial charge in [0, 0.05) is 36.8 Å². The lowest BCUT2D eigenvalue weighted by atomic mass is 10.1. The van der Waals surface area contributed by atoms with Crippen molar-refractivity contribution in [3.05, 3.63) is 46.6 Å². The molecule has 0 unspecified atom stereocenters. The van der Waals surface area contributed by atoms with Crippen molar-refractivity contribution in [2.45, 2.75) is 17.2 Å². The van der Waals surface area contributed by atoms with Gasteiger partial charge in [-0.15, -0.1) is 11.3 Å². The Hall–Kier alpha value is -1.77. The smallest absolute Gasteiger partial charge is 0.336 e. The lowest BCUT2D eigenvalue weighted by Crippen LogP contribution is -2.35. The molecule has 2 aromatic heterocycles. The van der Waals surface area contributed by atoms with Crippen LogP contribution in [0.3, 0.4) is 0 Å². The maximum atomic E-state index is 12.6. The van der Waals surface area contributed by atoms with Crippen molar-refractivity contribution in [1.29, 1.82) is 0 Å². The molecule has 6 nitrogen and oxygen atoms in total. The van der Waals surface area contributed by atoms with Gasteiger partial charge < -0.3 is 5.11 Å². The molecule has 1 aliphatic rings. The molecule has 0 radical (unpaired) electrons. The molecule has 0 fully saturated rings. The minimum atomic E-state index is -3.66. The van der Waals surface area contributed by atoms with E-state index in [1.165, 1.54) is 15.8 Å². The summed E-state index contributed by atoms with van der Waals surface area (Å²) in [6, 6.07) is 4.85. The lowest BCUT2D eigenvalue weighted by molar-refractivity contribution is 0.0697. The summed E-state index contributed by atoms with van der Waals surface area (Å²) in [6.07, 6.45) is 2.26. The van der Waals surface area contributed by atoms with Gasteiger partial charge in [0.15, 0.2) is 0 Å². The first kappa shape index (κ1) is 14.2. The third-order valence-electron chi connectivity index (χ3n) is 3.35. The molecule has 1 aliphatic heterocycles. The van der Waals surface area contributed by atoms with E-state index in [-0.39, 0.29) is 16.3 Å². The Balaban J connectivity index is 1.91. The fourth-order valence-electron chi connectivity index (χ4n) is 2.24. The van der Waals surface area contributed by atoms with Crippen LogP contribution in [0.2, 0.25) is 0 Å². The van der Waals surface area contributed by atoms with E-state index in [1.807, 2.05) is 6.07 Å². The normalized spacial score (nSPS) is 15.6. The number of hydrogen-bond acceptors (Lipinski definition) is 5. The SMILES string of the molecule is O=C(O)c1csc(S(=O)(=O)N2CCc3ncccc3C2)c1. The molecule has 0 amide bonds. The van der Waals surface area contributed by atoms with Crippen molar-refractivity contribution in [3.8, 4) is 0 Å². The van der Waals surface area contributed by atoms with Gasteiger partial charge in [-0.25, -0.2) is 13.2 Å². The summed E-state index contributed by atoms with van der Waals surface area (Å²) in [6.45, 7) is 0.623. The number of fused-ring (bicyclic) bond motifs is 1. The molecule has 0 aliphatic carbocycles. The highest BCUT2D eigenvalue weighted by atomic mass is 32.2. The third kappa shape index (κ3) is 2.57. The average Bonchev–Trinajstić information content (AvgIpc) is 2.97. The third-order valence-corrected chi connectivity index (χ3v) is 6.61. The summed E-state index contributed by atoms with van der Waals surface area (Å²) in [5, 5.41) is 10.2. The van der Waals surface area contributed by atoms with E-state index in [4.69, 9.17) is 5.11 Å². The maximum Gasteiger partial charge on any atom is 0.336 e. The molecule has 0 atom stereocenters. The van der Waals surface area contributed by atoms with E-state index in [0.29, 0.717) is 13.0 Å². The number of aromatic nitrogens is 1. The van der Waals surface area contributed by atoms with Crippen molar-refractivity contribution in [2.24, 2.45) is 0 Å². The van der Waals surface area contributed by atoms with Crippen LogP contribution in [-0.2, 0) is 23.0 Å². The Kier molecular flexibility index (Phi) is 3.52. The monoisotopic (exact) mass is 324 g/mol. The molecular weight excluding hydrogens is 312 g/mol. The molecular formula is C13H12N2O4S2. The van der Waals surface area contributed by atoms with E-state index in [1.54, 1.807) is 12.3 Å². The highest BCUT2D eigenvalue weighted by Gasteiger charge is 2.30. The number of carboxylic acid groups (broad SMARTS) is 1. The number of rotatable bonds is 3. The van der Waals surface area contributed by atoms with Crippen LogP contribution in [0.4, 0.5) is 0 Å². The average molecular weight is 324 g/mol. The summed E-state index contributed by atoms with van der Waals surface area (Å²) in [5.74, 6) is -1.12. The van der Waals surface area contributed by atoms with Crippen molar-refractivity contribution in [2.75, 3.05) is 6.54 Å². The number of sulfonamides is 1. The number of pyridine rings is 1. The Morgan fingerprint density at radius 2 is 2.24 bits per heavy atom. The quantitative estimate of drug-likeness (QED) is 0.926. The maximum absolute atomic E-state index is 12.6. The Labute approximate surface area is 125 Å². The topological polar surface area (TPSA) is 87.6 Å². The van der Waals surface area contributed by atoms with Crippen molar-refractivity contribution >= 4 is 27.3 Å². The zero-order chi connectivity index (χ0) is 15.0. The van der Waals surface area contributed by atoms with Gasteiger partial charge in [-0.1, -0.05) is 6.07 Å². The van der Waals surface area contributed by atoms with Crippen molar-refractivity contribution in [3.63, 3.8) is 0 Å². The molecule has 3 rings (SSSR count). The molecule has 0 aromatic carbocycles. The van der Waals surface area contributed by atoms with E-state index >= 15 is 0 Å².